The Hall–Kier alpha value is -4.64. The average molecular weight is 577 g/mol. The summed E-state index contributed by atoms with van der Waals surface area (Å²) in [7, 11) is 0. The lowest BCUT2D eigenvalue weighted by molar-refractivity contribution is -0.137. The third-order valence-corrected chi connectivity index (χ3v) is 6.86. The molecule has 1 fully saturated rings. The van der Waals surface area contributed by atoms with E-state index in [1.807, 2.05) is 31.2 Å². The summed E-state index contributed by atoms with van der Waals surface area (Å²) in [6.07, 6.45) is 1.25. The van der Waals surface area contributed by atoms with Crippen molar-refractivity contribution in [1.29, 1.82) is 0 Å². The maximum Gasteiger partial charge on any atom is 0.416 e. The smallest absolute Gasteiger partial charge is 0.416 e. The SMILES string of the molecule is Cc1ccc(NC(=O)c2cccc(C(F)(F)F)c2)cc1Nc1cnc(Nc2ccc(OCCN3CCCC3)cc2)nc1. The van der Waals surface area contributed by atoms with Crippen LogP contribution in [-0.4, -0.2) is 47.0 Å². The maximum absolute atomic E-state index is 13.0. The van der Waals surface area contributed by atoms with E-state index in [4.69, 9.17) is 4.74 Å². The highest BCUT2D eigenvalue weighted by Gasteiger charge is 2.30. The number of anilines is 5. The second-order valence-corrected chi connectivity index (χ2v) is 10.0. The molecule has 0 aliphatic carbocycles. The van der Waals surface area contributed by atoms with E-state index in [0.717, 1.165) is 48.8 Å². The number of rotatable bonds is 10. The van der Waals surface area contributed by atoms with Crippen LogP contribution in [0.5, 0.6) is 5.75 Å². The van der Waals surface area contributed by atoms with Gasteiger partial charge in [0.05, 0.1) is 23.6 Å². The first-order valence-corrected chi connectivity index (χ1v) is 13.6. The van der Waals surface area contributed by atoms with Gasteiger partial charge < -0.3 is 20.7 Å². The largest absolute Gasteiger partial charge is 0.492 e. The van der Waals surface area contributed by atoms with Crippen molar-refractivity contribution in [3.8, 4) is 5.75 Å². The molecule has 0 bridgehead atoms. The molecule has 11 heteroatoms. The number of hydrogen-bond donors (Lipinski definition) is 3. The Kier molecular flexibility index (Phi) is 8.87. The Morgan fingerprint density at radius 2 is 1.62 bits per heavy atom. The number of aryl methyl sites for hydroxylation is 1. The average Bonchev–Trinajstić information content (AvgIpc) is 3.50. The number of carbonyl (C=O) groups is 1. The highest BCUT2D eigenvalue weighted by molar-refractivity contribution is 6.04. The summed E-state index contributed by atoms with van der Waals surface area (Å²) in [4.78, 5) is 23.8. The quantitative estimate of drug-likeness (QED) is 0.187. The molecule has 1 aliphatic heterocycles. The van der Waals surface area contributed by atoms with Gasteiger partial charge in [0.2, 0.25) is 5.95 Å². The van der Waals surface area contributed by atoms with Gasteiger partial charge in [-0.3, -0.25) is 9.69 Å². The highest BCUT2D eigenvalue weighted by atomic mass is 19.4. The predicted molar refractivity (Wildman–Crippen MR) is 157 cm³/mol. The predicted octanol–water partition coefficient (Wildman–Crippen LogP) is 7.02. The minimum atomic E-state index is -4.53. The van der Waals surface area contributed by atoms with Gasteiger partial charge in [-0.05, 0) is 93.0 Å². The van der Waals surface area contributed by atoms with Crippen molar-refractivity contribution < 1.29 is 22.7 Å². The first-order chi connectivity index (χ1) is 20.2. The summed E-state index contributed by atoms with van der Waals surface area (Å²) in [6.45, 7) is 5.78. The molecule has 0 saturated carbocycles. The molecule has 42 heavy (non-hydrogen) atoms. The molecule has 0 radical (unpaired) electrons. The number of likely N-dealkylation sites (tertiary alicyclic amines) is 1. The first kappa shape index (κ1) is 28.9. The van der Waals surface area contributed by atoms with E-state index in [1.54, 1.807) is 30.6 Å². The lowest BCUT2D eigenvalue weighted by atomic mass is 10.1. The van der Waals surface area contributed by atoms with Gasteiger partial charge in [0.1, 0.15) is 12.4 Å². The first-order valence-electron chi connectivity index (χ1n) is 13.6. The van der Waals surface area contributed by atoms with E-state index in [2.05, 4.69) is 30.8 Å². The van der Waals surface area contributed by atoms with E-state index < -0.39 is 17.6 Å². The van der Waals surface area contributed by atoms with E-state index in [1.165, 1.54) is 25.0 Å². The van der Waals surface area contributed by atoms with Crippen LogP contribution in [-0.2, 0) is 6.18 Å². The zero-order valence-corrected chi connectivity index (χ0v) is 23.0. The molecule has 5 rings (SSSR count). The van der Waals surface area contributed by atoms with Crippen molar-refractivity contribution in [2.24, 2.45) is 0 Å². The number of aromatic nitrogens is 2. The number of halogens is 3. The number of nitrogens with one attached hydrogen (secondary N) is 3. The minimum absolute atomic E-state index is 0.0870. The summed E-state index contributed by atoms with van der Waals surface area (Å²) >= 11 is 0. The van der Waals surface area contributed by atoms with Gasteiger partial charge in [0.25, 0.3) is 5.91 Å². The van der Waals surface area contributed by atoms with Crippen LogP contribution in [0.1, 0.15) is 34.3 Å². The topological polar surface area (TPSA) is 91.4 Å². The van der Waals surface area contributed by atoms with Gasteiger partial charge in [-0.2, -0.15) is 13.2 Å². The van der Waals surface area contributed by atoms with E-state index in [-0.39, 0.29) is 5.56 Å². The zero-order chi connectivity index (χ0) is 29.5. The Labute approximate surface area is 242 Å². The Morgan fingerprint density at radius 3 is 2.33 bits per heavy atom. The number of ether oxygens (including phenoxy) is 1. The van der Waals surface area contributed by atoms with Crippen LogP contribution in [0.25, 0.3) is 0 Å². The van der Waals surface area contributed by atoms with E-state index >= 15 is 0 Å². The molecule has 0 unspecified atom stereocenters. The molecular formula is C31H31F3N6O2. The standard InChI is InChI=1S/C31H31F3N6O2/c1-21-7-8-25(38-29(41)22-5-4-6-23(17-22)31(32,33)34)18-28(21)37-26-19-35-30(36-20-26)39-24-9-11-27(12-10-24)42-16-15-40-13-2-3-14-40/h4-12,17-20,37H,2-3,13-16H2,1H3,(H,38,41)(H,35,36,39). The van der Waals surface area contributed by atoms with Gasteiger partial charge in [0, 0.05) is 29.2 Å². The molecule has 8 nitrogen and oxygen atoms in total. The molecule has 0 spiro atoms. The van der Waals surface area contributed by atoms with Crippen LogP contribution in [0.3, 0.4) is 0 Å². The van der Waals surface area contributed by atoms with Gasteiger partial charge in [0.15, 0.2) is 0 Å². The second kappa shape index (κ2) is 12.9. The van der Waals surface area contributed by atoms with Crippen molar-refractivity contribution in [1.82, 2.24) is 14.9 Å². The molecular weight excluding hydrogens is 545 g/mol. The van der Waals surface area contributed by atoms with Crippen LogP contribution in [0.15, 0.2) is 79.1 Å². The van der Waals surface area contributed by atoms with Gasteiger partial charge in [-0.25, -0.2) is 9.97 Å². The molecule has 3 aromatic carbocycles. The Balaban J connectivity index is 1.16. The highest BCUT2D eigenvalue weighted by Crippen LogP contribution is 2.30. The molecule has 0 atom stereocenters. The molecule has 1 aliphatic rings. The molecule has 1 amide bonds. The molecule has 4 aromatic rings. The number of carbonyl (C=O) groups excluding carboxylic acids is 1. The van der Waals surface area contributed by atoms with Crippen molar-refractivity contribution in [3.05, 3.63) is 95.8 Å². The van der Waals surface area contributed by atoms with E-state index in [0.29, 0.717) is 29.6 Å². The Morgan fingerprint density at radius 1 is 0.905 bits per heavy atom. The van der Waals surface area contributed by atoms with Crippen molar-refractivity contribution in [2.75, 3.05) is 42.2 Å². The number of amides is 1. The molecule has 218 valence electrons. The van der Waals surface area contributed by atoms with E-state index in [9.17, 15) is 18.0 Å². The fourth-order valence-electron chi connectivity index (χ4n) is 4.55. The van der Waals surface area contributed by atoms with Crippen LogP contribution < -0.4 is 20.7 Å². The third-order valence-electron chi connectivity index (χ3n) is 6.86. The Bertz CT molecular complexity index is 1500. The van der Waals surface area contributed by atoms with Gasteiger partial charge >= 0.3 is 6.18 Å². The second-order valence-electron chi connectivity index (χ2n) is 10.0. The van der Waals surface area contributed by atoms with Gasteiger partial charge in [-0.15, -0.1) is 0 Å². The molecule has 1 saturated heterocycles. The molecule has 2 heterocycles. The number of alkyl halides is 3. The summed E-state index contributed by atoms with van der Waals surface area (Å²) in [5.41, 5.74) is 2.46. The van der Waals surface area contributed by atoms with Crippen molar-refractivity contribution in [3.63, 3.8) is 0 Å². The summed E-state index contributed by atoms with van der Waals surface area (Å²) in [5, 5.41) is 9.04. The van der Waals surface area contributed by atoms with Crippen LogP contribution in [0.2, 0.25) is 0 Å². The minimum Gasteiger partial charge on any atom is -0.492 e. The van der Waals surface area contributed by atoms with Gasteiger partial charge in [-0.1, -0.05) is 12.1 Å². The van der Waals surface area contributed by atoms with Crippen LogP contribution in [0.4, 0.5) is 41.9 Å². The normalized spacial score (nSPS) is 13.5. The fraction of sp³-hybridized carbons (Fsp3) is 0.258. The summed E-state index contributed by atoms with van der Waals surface area (Å²) in [6, 6.07) is 17.1. The lowest BCUT2D eigenvalue weighted by Crippen LogP contribution is -2.25. The third kappa shape index (κ3) is 7.76. The molecule has 3 N–H and O–H groups in total. The number of hydrogen-bond acceptors (Lipinski definition) is 7. The zero-order valence-electron chi connectivity index (χ0n) is 23.0. The van der Waals surface area contributed by atoms with Crippen molar-refractivity contribution in [2.45, 2.75) is 25.9 Å². The summed E-state index contributed by atoms with van der Waals surface area (Å²) in [5.74, 6) is 0.585. The lowest BCUT2D eigenvalue weighted by Gasteiger charge is -2.15. The maximum atomic E-state index is 13.0. The number of nitrogens with zero attached hydrogens (tertiary/aromatic N) is 3. The van der Waals surface area contributed by atoms with Crippen LogP contribution >= 0.6 is 0 Å². The van der Waals surface area contributed by atoms with Crippen LogP contribution in [0, 0.1) is 6.92 Å². The van der Waals surface area contributed by atoms with Crippen molar-refractivity contribution >= 4 is 34.6 Å². The monoisotopic (exact) mass is 576 g/mol. The summed E-state index contributed by atoms with van der Waals surface area (Å²) < 4.78 is 44.9. The fourth-order valence-corrected chi connectivity index (χ4v) is 4.55. The molecule has 1 aromatic heterocycles. The number of benzene rings is 3.